The lowest BCUT2D eigenvalue weighted by Crippen LogP contribution is -2.41. The maximum atomic E-state index is 12.4. The number of likely N-dealkylation sites (tertiary alicyclic amines) is 1. The number of nitrogens with zero attached hydrogens (tertiary/aromatic N) is 2. The maximum Gasteiger partial charge on any atom is 0.251 e. The molecule has 1 aliphatic heterocycles. The molecule has 2 heterocycles. The smallest absolute Gasteiger partial charge is 0.251 e. The first-order valence-corrected chi connectivity index (χ1v) is 11.5. The van der Waals surface area contributed by atoms with E-state index in [2.05, 4.69) is 5.32 Å². The van der Waals surface area contributed by atoms with Crippen molar-refractivity contribution in [2.24, 2.45) is 5.92 Å². The molecule has 31 heavy (non-hydrogen) atoms. The van der Waals surface area contributed by atoms with Gasteiger partial charge in [-0.2, -0.15) is 0 Å². The number of furan rings is 1. The standard InChI is InChI=1S/C22H27N3O5S/c1-24(2)31(28,29)20-8-5-18(6-9-20)22(27)23-16-17-11-13-25(14-12-17)21(26)10-7-19-4-3-15-30-19/h3-10,15,17H,11-14,16H2,1-2H3,(H,23,27). The second-order valence-electron chi connectivity index (χ2n) is 7.64. The van der Waals surface area contributed by atoms with Crippen LogP contribution in [-0.4, -0.2) is 63.2 Å². The van der Waals surface area contributed by atoms with Crippen molar-refractivity contribution < 1.29 is 22.4 Å². The zero-order valence-corrected chi connectivity index (χ0v) is 18.5. The molecule has 1 N–H and O–H groups in total. The van der Waals surface area contributed by atoms with Gasteiger partial charge in [-0.05, 0) is 61.2 Å². The van der Waals surface area contributed by atoms with Crippen LogP contribution in [0.2, 0.25) is 0 Å². The van der Waals surface area contributed by atoms with E-state index in [1.54, 1.807) is 29.4 Å². The molecule has 0 unspecified atom stereocenters. The van der Waals surface area contributed by atoms with Gasteiger partial charge in [0.05, 0.1) is 11.2 Å². The third-order valence-electron chi connectivity index (χ3n) is 5.31. The molecule has 1 aromatic carbocycles. The summed E-state index contributed by atoms with van der Waals surface area (Å²) in [4.78, 5) is 26.6. The minimum absolute atomic E-state index is 0.0494. The first-order valence-electron chi connectivity index (χ1n) is 10.1. The van der Waals surface area contributed by atoms with E-state index in [1.165, 1.54) is 44.4 Å². The van der Waals surface area contributed by atoms with Crippen molar-refractivity contribution in [1.82, 2.24) is 14.5 Å². The molecule has 9 heteroatoms. The molecule has 2 amide bonds. The van der Waals surface area contributed by atoms with Crippen LogP contribution < -0.4 is 5.32 Å². The number of hydrogen-bond acceptors (Lipinski definition) is 5. The lowest BCUT2D eigenvalue weighted by Gasteiger charge is -2.31. The van der Waals surface area contributed by atoms with Crippen LogP contribution in [0.4, 0.5) is 0 Å². The fraction of sp³-hybridized carbons (Fsp3) is 0.364. The van der Waals surface area contributed by atoms with Gasteiger partial charge < -0.3 is 14.6 Å². The number of carbonyl (C=O) groups is 2. The van der Waals surface area contributed by atoms with Gasteiger partial charge >= 0.3 is 0 Å². The van der Waals surface area contributed by atoms with Crippen LogP contribution in [0.5, 0.6) is 0 Å². The van der Waals surface area contributed by atoms with Crippen LogP contribution in [0.15, 0.2) is 58.1 Å². The Morgan fingerprint density at radius 1 is 1.16 bits per heavy atom. The topological polar surface area (TPSA) is 99.9 Å². The maximum absolute atomic E-state index is 12.4. The Morgan fingerprint density at radius 3 is 2.42 bits per heavy atom. The number of amides is 2. The molecule has 3 rings (SSSR count). The van der Waals surface area contributed by atoms with E-state index in [9.17, 15) is 18.0 Å². The van der Waals surface area contributed by atoms with Crippen molar-refractivity contribution in [3.63, 3.8) is 0 Å². The van der Waals surface area contributed by atoms with Gasteiger partial charge in [-0.15, -0.1) is 0 Å². The van der Waals surface area contributed by atoms with E-state index in [0.29, 0.717) is 31.0 Å². The molecule has 2 aromatic rings. The zero-order valence-electron chi connectivity index (χ0n) is 17.7. The molecule has 0 saturated carbocycles. The van der Waals surface area contributed by atoms with Crippen molar-refractivity contribution in [1.29, 1.82) is 0 Å². The first kappa shape index (κ1) is 22.8. The number of hydrogen-bond donors (Lipinski definition) is 1. The van der Waals surface area contributed by atoms with Crippen LogP contribution in [0.25, 0.3) is 6.08 Å². The fourth-order valence-electron chi connectivity index (χ4n) is 3.33. The van der Waals surface area contributed by atoms with E-state index >= 15 is 0 Å². The molecular weight excluding hydrogens is 418 g/mol. The summed E-state index contributed by atoms with van der Waals surface area (Å²) in [6.07, 6.45) is 6.34. The molecule has 1 fully saturated rings. The van der Waals surface area contributed by atoms with Crippen LogP contribution in [0, 0.1) is 5.92 Å². The molecule has 0 aliphatic carbocycles. The minimum atomic E-state index is -3.52. The largest absolute Gasteiger partial charge is 0.465 e. The summed E-state index contributed by atoms with van der Waals surface area (Å²) in [6.45, 7) is 1.79. The Bertz CT molecular complexity index is 1020. The highest BCUT2D eigenvalue weighted by Crippen LogP contribution is 2.18. The van der Waals surface area contributed by atoms with Crippen molar-refractivity contribution in [3.05, 3.63) is 60.1 Å². The minimum Gasteiger partial charge on any atom is -0.465 e. The average molecular weight is 446 g/mol. The highest BCUT2D eigenvalue weighted by molar-refractivity contribution is 7.89. The number of carbonyl (C=O) groups excluding carboxylic acids is 2. The molecule has 0 atom stereocenters. The lowest BCUT2D eigenvalue weighted by molar-refractivity contribution is -0.127. The number of piperidine rings is 1. The van der Waals surface area contributed by atoms with E-state index in [1.807, 2.05) is 0 Å². The second-order valence-corrected chi connectivity index (χ2v) is 9.79. The van der Waals surface area contributed by atoms with Crippen molar-refractivity contribution >= 4 is 27.9 Å². The van der Waals surface area contributed by atoms with Gasteiger partial charge in [-0.3, -0.25) is 9.59 Å². The highest BCUT2D eigenvalue weighted by atomic mass is 32.2. The summed E-state index contributed by atoms with van der Waals surface area (Å²) >= 11 is 0. The summed E-state index contributed by atoms with van der Waals surface area (Å²) in [5.41, 5.74) is 0.411. The summed E-state index contributed by atoms with van der Waals surface area (Å²) < 4.78 is 30.5. The van der Waals surface area contributed by atoms with E-state index in [-0.39, 0.29) is 22.6 Å². The Labute approximate surface area is 182 Å². The normalized spacial score (nSPS) is 15.5. The molecule has 1 aliphatic rings. The van der Waals surface area contributed by atoms with Gasteiger partial charge in [0.15, 0.2) is 0 Å². The summed E-state index contributed by atoms with van der Waals surface area (Å²) in [6, 6.07) is 9.45. The molecule has 1 aromatic heterocycles. The predicted octanol–water partition coefficient (Wildman–Crippen LogP) is 2.21. The van der Waals surface area contributed by atoms with Gasteiger partial charge in [0.2, 0.25) is 15.9 Å². The van der Waals surface area contributed by atoms with Crippen LogP contribution >= 0.6 is 0 Å². The Balaban J connectivity index is 1.45. The van der Waals surface area contributed by atoms with Gasteiger partial charge in [-0.25, -0.2) is 12.7 Å². The molecule has 0 spiro atoms. The van der Waals surface area contributed by atoms with Crippen LogP contribution in [-0.2, 0) is 14.8 Å². The SMILES string of the molecule is CN(C)S(=O)(=O)c1ccc(C(=O)NCC2CCN(C(=O)C=Cc3ccco3)CC2)cc1. The summed E-state index contributed by atoms with van der Waals surface area (Å²) in [5.74, 6) is 0.633. The predicted molar refractivity (Wildman–Crippen MR) is 117 cm³/mol. The number of sulfonamides is 1. The Kier molecular flexibility index (Phi) is 7.29. The van der Waals surface area contributed by atoms with Gasteiger partial charge in [-0.1, -0.05) is 0 Å². The van der Waals surface area contributed by atoms with Crippen LogP contribution in [0.1, 0.15) is 29.0 Å². The summed E-state index contributed by atoms with van der Waals surface area (Å²) in [5, 5.41) is 2.91. The molecular formula is C22H27N3O5S. The molecule has 1 saturated heterocycles. The monoisotopic (exact) mass is 445 g/mol. The molecule has 0 bridgehead atoms. The lowest BCUT2D eigenvalue weighted by atomic mass is 9.96. The zero-order chi connectivity index (χ0) is 22.4. The quantitative estimate of drug-likeness (QED) is 0.659. The molecule has 0 radical (unpaired) electrons. The molecule has 166 valence electrons. The highest BCUT2D eigenvalue weighted by Gasteiger charge is 2.22. The Morgan fingerprint density at radius 2 is 1.84 bits per heavy atom. The van der Waals surface area contributed by atoms with E-state index < -0.39 is 10.0 Å². The molecule has 8 nitrogen and oxygen atoms in total. The van der Waals surface area contributed by atoms with Crippen molar-refractivity contribution in [2.75, 3.05) is 33.7 Å². The second kappa shape index (κ2) is 9.93. The average Bonchev–Trinajstić information content (AvgIpc) is 3.30. The van der Waals surface area contributed by atoms with Gasteiger partial charge in [0.25, 0.3) is 5.91 Å². The van der Waals surface area contributed by atoms with Crippen LogP contribution in [0.3, 0.4) is 0 Å². The third kappa shape index (κ3) is 5.83. The van der Waals surface area contributed by atoms with Crippen molar-refractivity contribution in [3.8, 4) is 0 Å². The number of nitrogens with one attached hydrogen (secondary N) is 1. The van der Waals surface area contributed by atoms with Crippen molar-refractivity contribution in [2.45, 2.75) is 17.7 Å². The number of benzene rings is 1. The van der Waals surface area contributed by atoms with Gasteiger partial charge in [0, 0.05) is 45.4 Å². The summed E-state index contributed by atoms with van der Waals surface area (Å²) in [7, 11) is -0.594. The third-order valence-corrected chi connectivity index (χ3v) is 7.14. The Hall–Kier alpha value is -2.91. The van der Waals surface area contributed by atoms with E-state index in [4.69, 9.17) is 4.42 Å². The van der Waals surface area contributed by atoms with Gasteiger partial charge in [0.1, 0.15) is 5.76 Å². The fourth-order valence-corrected chi connectivity index (χ4v) is 4.23. The number of rotatable bonds is 7. The first-order chi connectivity index (χ1) is 14.8. The van der Waals surface area contributed by atoms with E-state index in [0.717, 1.165) is 17.1 Å².